The third-order valence-corrected chi connectivity index (χ3v) is 5.45. The summed E-state index contributed by atoms with van der Waals surface area (Å²) in [4.78, 5) is 15.5. The molecule has 22 heavy (non-hydrogen) atoms. The number of rotatable bonds is 3. The van der Waals surface area contributed by atoms with E-state index in [1.54, 1.807) is 0 Å². The van der Waals surface area contributed by atoms with Crippen molar-refractivity contribution in [1.29, 1.82) is 0 Å². The van der Waals surface area contributed by atoms with Gasteiger partial charge < -0.3 is 10.3 Å². The largest absolute Gasteiger partial charge is 0.340 e. The summed E-state index contributed by atoms with van der Waals surface area (Å²) in [5, 5.41) is 3.52. The average molecular weight is 299 g/mol. The Labute approximate surface area is 132 Å². The minimum atomic E-state index is 0.0703. The standard InChI is InChI=1S/C19H26N2O/c1-12-8-9-15-10-16(19(22)21-18(15)14(12)3)11-20-17-7-5-4-6-13(17)2/h8-10,13,17,20H,4-7,11H2,1-3H3,(H,21,22)/p+1/t13-,17+/m1/s1. The Balaban J connectivity index is 1.83. The lowest BCUT2D eigenvalue weighted by Gasteiger charge is -2.26. The second kappa shape index (κ2) is 6.25. The minimum absolute atomic E-state index is 0.0703. The first-order valence-electron chi connectivity index (χ1n) is 8.51. The predicted molar refractivity (Wildman–Crippen MR) is 91.1 cm³/mol. The maximum Gasteiger partial charge on any atom is 0.257 e. The van der Waals surface area contributed by atoms with Gasteiger partial charge in [0.1, 0.15) is 6.54 Å². The Morgan fingerprint density at radius 1 is 1.23 bits per heavy atom. The summed E-state index contributed by atoms with van der Waals surface area (Å²) in [6, 6.07) is 6.99. The third-order valence-electron chi connectivity index (χ3n) is 5.45. The topological polar surface area (TPSA) is 49.5 Å². The van der Waals surface area contributed by atoms with Crippen LogP contribution < -0.4 is 10.9 Å². The molecule has 3 rings (SSSR count). The van der Waals surface area contributed by atoms with Crippen LogP contribution in [0.4, 0.5) is 0 Å². The van der Waals surface area contributed by atoms with Crippen molar-refractivity contribution in [2.24, 2.45) is 5.92 Å². The highest BCUT2D eigenvalue weighted by Crippen LogP contribution is 2.21. The summed E-state index contributed by atoms with van der Waals surface area (Å²) in [7, 11) is 0. The molecular formula is C19H27N2O+. The van der Waals surface area contributed by atoms with Gasteiger partial charge in [0.25, 0.3) is 5.56 Å². The van der Waals surface area contributed by atoms with Crippen LogP contribution in [-0.2, 0) is 6.54 Å². The molecule has 1 aliphatic rings. The van der Waals surface area contributed by atoms with Crippen molar-refractivity contribution in [2.45, 2.75) is 59.0 Å². The van der Waals surface area contributed by atoms with E-state index in [0.717, 1.165) is 28.9 Å². The lowest BCUT2D eigenvalue weighted by molar-refractivity contribution is -0.712. The number of aryl methyl sites for hydroxylation is 2. The fourth-order valence-corrected chi connectivity index (χ4v) is 3.70. The average Bonchev–Trinajstić information content (AvgIpc) is 2.51. The van der Waals surface area contributed by atoms with Gasteiger partial charge in [0.05, 0.1) is 17.1 Å². The molecular weight excluding hydrogens is 272 g/mol. The molecule has 1 saturated carbocycles. The number of benzene rings is 1. The Bertz CT molecular complexity index is 732. The van der Waals surface area contributed by atoms with Gasteiger partial charge in [0, 0.05) is 5.92 Å². The van der Waals surface area contributed by atoms with E-state index in [9.17, 15) is 4.79 Å². The first-order valence-corrected chi connectivity index (χ1v) is 8.51. The zero-order valence-electron chi connectivity index (χ0n) is 13.9. The fraction of sp³-hybridized carbons (Fsp3) is 0.526. The quantitative estimate of drug-likeness (QED) is 0.899. The van der Waals surface area contributed by atoms with Crippen molar-refractivity contribution in [3.8, 4) is 0 Å². The van der Waals surface area contributed by atoms with Crippen LogP contribution in [0, 0.1) is 19.8 Å². The number of nitrogens with two attached hydrogens (primary N) is 1. The number of hydrogen-bond donors (Lipinski definition) is 2. The molecule has 0 bridgehead atoms. The van der Waals surface area contributed by atoms with E-state index in [0.29, 0.717) is 6.04 Å². The van der Waals surface area contributed by atoms with Gasteiger partial charge in [-0.1, -0.05) is 25.5 Å². The van der Waals surface area contributed by atoms with Crippen LogP contribution in [0.15, 0.2) is 23.0 Å². The second-order valence-corrected chi connectivity index (χ2v) is 6.96. The normalized spacial score (nSPS) is 22.1. The van der Waals surface area contributed by atoms with Crippen molar-refractivity contribution in [3.63, 3.8) is 0 Å². The van der Waals surface area contributed by atoms with Crippen LogP contribution >= 0.6 is 0 Å². The minimum Gasteiger partial charge on any atom is -0.340 e. The van der Waals surface area contributed by atoms with E-state index in [4.69, 9.17) is 0 Å². The molecule has 0 unspecified atom stereocenters. The molecule has 1 aliphatic carbocycles. The second-order valence-electron chi connectivity index (χ2n) is 6.96. The molecule has 1 aromatic carbocycles. The first-order chi connectivity index (χ1) is 10.6. The summed E-state index contributed by atoms with van der Waals surface area (Å²) >= 11 is 0. The maximum atomic E-state index is 12.4. The molecule has 3 N–H and O–H groups in total. The lowest BCUT2D eigenvalue weighted by Crippen LogP contribution is -2.90. The number of pyridine rings is 1. The zero-order chi connectivity index (χ0) is 15.7. The highest BCUT2D eigenvalue weighted by molar-refractivity contribution is 5.83. The zero-order valence-corrected chi connectivity index (χ0v) is 13.9. The molecule has 2 atom stereocenters. The van der Waals surface area contributed by atoms with Crippen LogP contribution in [0.2, 0.25) is 0 Å². The molecule has 0 aliphatic heterocycles. The number of quaternary nitrogens is 1. The molecule has 1 heterocycles. The summed E-state index contributed by atoms with van der Waals surface area (Å²) in [6.45, 7) is 7.28. The van der Waals surface area contributed by atoms with Gasteiger partial charge in [0.2, 0.25) is 0 Å². The molecule has 118 valence electrons. The Morgan fingerprint density at radius 2 is 2.00 bits per heavy atom. The molecule has 1 fully saturated rings. The van der Waals surface area contributed by atoms with Crippen molar-refractivity contribution in [1.82, 2.24) is 4.98 Å². The van der Waals surface area contributed by atoms with Gasteiger partial charge in [-0.05, 0) is 55.7 Å². The van der Waals surface area contributed by atoms with Crippen LogP contribution in [0.5, 0.6) is 0 Å². The molecule has 2 aromatic rings. The summed E-state index contributed by atoms with van der Waals surface area (Å²) in [6.07, 6.45) is 5.30. The van der Waals surface area contributed by atoms with Gasteiger partial charge in [-0.25, -0.2) is 0 Å². The van der Waals surface area contributed by atoms with Crippen molar-refractivity contribution in [3.05, 3.63) is 45.2 Å². The number of H-pyrrole nitrogens is 1. The summed E-state index contributed by atoms with van der Waals surface area (Å²) in [5.41, 5.74) is 4.35. The van der Waals surface area contributed by atoms with Crippen LogP contribution in [0.25, 0.3) is 10.9 Å². The van der Waals surface area contributed by atoms with Gasteiger partial charge in [0.15, 0.2) is 0 Å². The molecule has 3 heteroatoms. The molecule has 1 aromatic heterocycles. The monoisotopic (exact) mass is 299 g/mol. The Hall–Kier alpha value is -1.61. The number of fused-ring (bicyclic) bond motifs is 1. The van der Waals surface area contributed by atoms with Crippen LogP contribution in [0.1, 0.15) is 49.3 Å². The van der Waals surface area contributed by atoms with Gasteiger partial charge in [-0.15, -0.1) is 0 Å². The number of nitrogens with one attached hydrogen (secondary N) is 1. The Kier molecular flexibility index (Phi) is 4.34. The van der Waals surface area contributed by atoms with E-state index in [-0.39, 0.29) is 5.56 Å². The van der Waals surface area contributed by atoms with Crippen molar-refractivity contribution >= 4 is 10.9 Å². The third kappa shape index (κ3) is 2.95. The lowest BCUT2D eigenvalue weighted by atomic mass is 9.86. The first kappa shape index (κ1) is 15.3. The maximum absolute atomic E-state index is 12.4. The van der Waals surface area contributed by atoms with Gasteiger partial charge in [-0.2, -0.15) is 0 Å². The van der Waals surface area contributed by atoms with Crippen molar-refractivity contribution < 1.29 is 5.32 Å². The van der Waals surface area contributed by atoms with E-state index < -0.39 is 0 Å². The number of hydrogen-bond acceptors (Lipinski definition) is 1. The van der Waals surface area contributed by atoms with Crippen LogP contribution in [0.3, 0.4) is 0 Å². The molecule has 0 amide bonds. The van der Waals surface area contributed by atoms with E-state index in [1.807, 2.05) is 0 Å². The Morgan fingerprint density at radius 3 is 2.77 bits per heavy atom. The summed E-state index contributed by atoms with van der Waals surface area (Å²) < 4.78 is 0. The number of aromatic amines is 1. The molecule has 0 spiro atoms. The number of aromatic nitrogens is 1. The van der Waals surface area contributed by atoms with E-state index in [1.165, 1.54) is 36.8 Å². The van der Waals surface area contributed by atoms with Crippen LogP contribution in [-0.4, -0.2) is 11.0 Å². The fourth-order valence-electron chi connectivity index (χ4n) is 3.70. The smallest absolute Gasteiger partial charge is 0.257 e. The van der Waals surface area contributed by atoms with Gasteiger partial charge >= 0.3 is 0 Å². The van der Waals surface area contributed by atoms with Gasteiger partial charge in [-0.3, -0.25) is 4.79 Å². The van der Waals surface area contributed by atoms with E-state index in [2.05, 4.69) is 49.3 Å². The summed E-state index contributed by atoms with van der Waals surface area (Å²) in [5.74, 6) is 0.762. The van der Waals surface area contributed by atoms with Crippen molar-refractivity contribution in [2.75, 3.05) is 0 Å². The highest BCUT2D eigenvalue weighted by Gasteiger charge is 2.24. The predicted octanol–water partition coefficient (Wildman–Crippen LogP) is 2.79. The molecule has 0 saturated heterocycles. The SMILES string of the molecule is Cc1ccc2cc(C[NH2+][C@H]3CCCC[C@H]3C)c(=O)[nH]c2c1C. The molecule has 3 nitrogen and oxygen atoms in total. The highest BCUT2D eigenvalue weighted by atomic mass is 16.1. The molecule has 0 radical (unpaired) electrons. The van der Waals surface area contributed by atoms with E-state index >= 15 is 0 Å².